The fourth-order valence-corrected chi connectivity index (χ4v) is 11.3. The second kappa shape index (κ2) is 39.9. The minimum absolute atomic E-state index is 0.948. The Morgan fingerprint density at radius 3 is 0.743 bits per heavy atom. The first-order valence-electron chi connectivity index (χ1n) is 12.8. The predicted octanol–water partition coefficient (Wildman–Crippen LogP) is 2.25. The fourth-order valence-electron chi connectivity index (χ4n) is 2.78. The Kier molecular flexibility index (Phi) is 49.8. The van der Waals surface area contributed by atoms with Gasteiger partial charge >= 0.3 is 131 Å². The molecule has 0 amide bonds. The topological polar surface area (TPSA) is 161 Å². The first-order valence-corrected chi connectivity index (χ1v) is 18.9. The molecule has 0 bridgehead atoms. The third-order valence-electron chi connectivity index (χ3n) is 4.15. The van der Waals surface area contributed by atoms with Gasteiger partial charge in [0.1, 0.15) is 0 Å². The van der Waals surface area contributed by atoms with Gasteiger partial charge in [-0.15, -0.1) is 0 Å². The van der Waals surface area contributed by atoms with Gasteiger partial charge in [0.2, 0.25) is 0 Å². The quantitative estimate of drug-likeness (QED) is 0.202. The molecule has 0 saturated carbocycles. The molecule has 0 aliphatic rings. The predicted molar refractivity (Wildman–Crippen MR) is 135 cm³/mol. The van der Waals surface area contributed by atoms with Crippen molar-refractivity contribution in [3.8, 4) is 0 Å². The van der Waals surface area contributed by atoms with E-state index in [9.17, 15) is 0 Å². The van der Waals surface area contributed by atoms with Crippen LogP contribution in [-0.4, -0.2) is 43.6 Å². The van der Waals surface area contributed by atoms with E-state index in [4.69, 9.17) is 39.6 Å². The summed E-state index contributed by atoms with van der Waals surface area (Å²) in [5.74, 6) is -4.33. The van der Waals surface area contributed by atoms with Crippen LogP contribution in [0.3, 0.4) is 0 Å². The molecule has 8 nitrogen and oxygen atoms in total. The molecule has 0 fully saturated rings. The van der Waals surface area contributed by atoms with E-state index in [1.54, 1.807) is 32.6 Å². The van der Waals surface area contributed by atoms with Crippen LogP contribution in [0.2, 0.25) is 13.3 Å². The molecular formula is C26H51O8Sn-3. The van der Waals surface area contributed by atoms with Crippen LogP contribution in [-0.2, 0) is 19.2 Å². The molecule has 0 aromatic rings. The number of hydrogen-bond donors (Lipinski definition) is 0. The van der Waals surface area contributed by atoms with Crippen LogP contribution in [0, 0.1) is 0 Å². The Morgan fingerprint density at radius 1 is 0.429 bits per heavy atom. The molecule has 0 saturated heterocycles. The van der Waals surface area contributed by atoms with Gasteiger partial charge in [0.05, 0.1) is 0 Å². The van der Waals surface area contributed by atoms with E-state index in [1.165, 1.54) is 57.8 Å². The van der Waals surface area contributed by atoms with Gasteiger partial charge < -0.3 is 39.6 Å². The van der Waals surface area contributed by atoms with Crippen LogP contribution >= 0.6 is 0 Å². The number of unbranched alkanes of at least 4 members (excludes halogenated alkanes) is 9. The summed E-state index contributed by atoms with van der Waals surface area (Å²) < 4.78 is 5.13. The second-order valence-electron chi connectivity index (χ2n) is 8.15. The van der Waals surface area contributed by atoms with Crippen molar-refractivity contribution in [1.29, 1.82) is 0 Å². The minimum atomic E-state index is -1.08. The van der Waals surface area contributed by atoms with Gasteiger partial charge in [-0.05, 0) is 27.7 Å². The molecule has 0 N–H and O–H groups in total. The van der Waals surface area contributed by atoms with Gasteiger partial charge in [0, 0.05) is 23.9 Å². The van der Waals surface area contributed by atoms with Crippen molar-refractivity contribution in [3.63, 3.8) is 0 Å². The van der Waals surface area contributed by atoms with Crippen LogP contribution < -0.4 is 20.4 Å². The molecule has 210 valence electrons. The third kappa shape index (κ3) is 111. The molecule has 0 spiro atoms. The summed E-state index contributed by atoms with van der Waals surface area (Å²) in [6.45, 7) is 10.9. The normalized spacial score (nSPS) is 8.77. The first kappa shape index (κ1) is 43.7. The first-order chi connectivity index (χ1) is 16.3. The molecular weight excluding hydrogens is 559 g/mol. The van der Waals surface area contributed by atoms with Gasteiger partial charge in [0.15, 0.2) is 0 Å². The fraction of sp³-hybridized carbons (Fsp3) is 0.846. The van der Waals surface area contributed by atoms with E-state index in [2.05, 4.69) is 20.8 Å². The Bertz CT molecular complexity index is 378. The van der Waals surface area contributed by atoms with Crippen molar-refractivity contribution in [1.82, 2.24) is 0 Å². The van der Waals surface area contributed by atoms with Crippen molar-refractivity contribution in [2.24, 2.45) is 0 Å². The molecule has 0 aliphatic carbocycles. The summed E-state index contributed by atoms with van der Waals surface area (Å²) in [4.78, 5) is 35.6. The average Bonchev–Trinajstić information content (AvgIpc) is 2.69. The van der Waals surface area contributed by atoms with Gasteiger partial charge in [-0.25, -0.2) is 0 Å². The Hall–Kier alpha value is -1.32. The molecule has 0 unspecified atom stereocenters. The number of carboxylic acid groups (broad SMARTS) is 4. The van der Waals surface area contributed by atoms with Gasteiger partial charge in [-0.1, -0.05) is 0 Å². The van der Waals surface area contributed by atoms with E-state index >= 15 is 0 Å². The SMILES string of the molecule is CC(=O)[O-].CC(=O)[O-].CC(=O)[O-].CC(=O)[O-].CCCCC[CH2][Sn+]([CH2]CCCCC)[CH2]CCCCC. The summed E-state index contributed by atoms with van der Waals surface area (Å²) in [7, 11) is 0. The van der Waals surface area contributed by atoms with Crippen molar-refractivity contribution in [3.05, 3.63) is 0 Å². The molecule has 0 atom stereocenters. The number of carbonyl (C=O) groups is 4. The summed E-state index contributed by atoms with van der Waals surface area (Å²) >= 11 is -0.948. The molecule has 0 aliphatic heterocycles. The van der Waals surface area contributed by atoms with E-state index in [-0.39, 0.29) is 0 Å². The summed E-state index contributed by atoms with van der Waals surface area (Å²) in [6.07, 6.45) is 17.9. The summed E-state index contributed by atoms with van der Waals surface area (Å²) in [5, 5.41) is 35.6. The van der Waals surface area contributed by atoms with Crippen molar-refractivity contribution < 1.29 is 39.6 Å². The zero-order chi connectivity index (χ0) is 28.5. The number of aliphatic carboxylic acids is 4. The monoisotopic (exact) mass is 611 g/mol. The molecule has 9 heteroatoms. The number of carbonyl (C=O) groups excluding carboxylic acids is 4. The second-order valence-corrected chi connectivity index (χ2v) is 16.7. The molecule has 0 radical (unpaired) electrons. The summed E-state index contributed by atoms with van der Waals surface area (Å²) in [5.41, 5.74) is 0. The maximum absolute atomic E-state index is 8.89. The molecule has 0 aromatic heterocycles. The summed E-state index contributed by atoms with van der Waals surface area (Å²) in [6, 6.07) is 0. The van der Waals surface area contributed by atoms with Crippen LogP contribution in [0.1, 0.15) is 126 Å². The van der Waals surface area contributed by atoms with E-state index in [0.717, 1.165) is 27.7 Å². The van der Waals surface area contributed by atoms with Crippen LogP contribution in [0.4, 0.5) is 0 Å². The van der Waals surface area contributed by atoms with E-state index in [0.29, 0.717) is 0 Å². The van der Waals surface area contributed by atoms with Crippen molar-refractivity contribution >= 4 is 43.6 Å². The Labute approximate surface area is 221 Å². The van der Waals surface area contributed by atoms with Gasteiger partial charge in [0.25, 0.3) is 0 Å². The standard InChI is InChI=1S/3C6H13.4C2H4O2.Sn/c3*1-3-5-6-4-2;4*1-2(3)4;/h3*1,3-6H2,2H3;4*1H3,(H,3,4);/q;;;;;;;+1/p-4. The van der Waals surface area contributed by atoms with Gasteiger partial charge in [-0.2, -0.15) is 0 Å². The zero-order valence-corrected chi connectivity index (χ0v) is 26.2. The number of rotatable bonds is 15. The Balaban J connectivity index is -0.000000151. The zero-order valence-electron chi connectivity index (χ0n) is 23.4. The molecule has 0 rings (SSSR count). The molecule has 0 aromatic carbocycles. The van der Waals surface area contributed by atoms with Gasteiger partial charge in [-0.3, -0.25) is 0 Å². The third-order valence-corrected chi connectivity index (χ3v) is 13.2. The molecule has 35 heavy (non-hydrogen) atoms. The number of carboxylic acids is 4. The molecule has 0 heterocycles. The van der Waals surface area contributed by atoms with Crippen LogP contribution in [0.25, 0.3) is 0 Å². The van der Waals surface area contributed by atoms with Crippen LogP contribution in [0.15, 0.2) is 0 Å². The van der Waals surface area contributed by atoms with E-state index in [1.807, 2.05) is 0 Å². The van der Waals surface area contributed by atoms with Crippen molar-refractivity contribution in [2.75, 3.05) is 0 Å². The number of hydrogen-bond acceptors (Lipinski definition) is 8. The van der Waals surface area contributed by atoms with E-state index < -0.39 is 43.6 Å². The van der Waals surface area contributed by atoms with Crippen molar-refractivity contribution in [2.45, 2.75) is 139 Å². The maximum atomic E-state index is 8.89. The van der Waals surface area contributed by atoms with Crippen LogP contribution in [0.5, 0.6) is 0 Å². The average molecular weight is 610 g/mol. The Morgan fingerprint density at radius 2 is 0.600 bits per heavy atom.